The van der Waals surface area contributed by atoms with Crippen molar-refractivity contribution < 1.29 is 19.1 Å². The molecule has 1 aromatic rings. The van der Waals surface area contributed by atoms with Crippen LogP contribution in [-0.4, -0.2) is 40.5 Å². The quantitative estimate of drug-likeness (QED) is 0.665. The Morgan fingerprint density at radius 2 is 1.91 bits per heavy atom. The van der Waals surface area contributed by atoms with Crippen LogP contribution in [0.5, 0.6) is 0 Å². The minimum atomic E-state index is -0.878. The van der Waals surface area contributed by atoms with Gasteiger partial charge in [0.15, 0.2) is 18.1 Å². The first-order chi connectivity index (χ1) is 10.6. The number of imide groups is 1. The van der Waals surface area contributed by atoms with Gasteiger partial charge in [0.05, 0.1) is 0 Å². The molecule has 2 rings (SSSR count). The first-order valence-electron chi connectivity index (χ1n) is 6.90. The van der Waals surface area contributed by atoms with E-state index < -0.39 is 24.5 Å². The number of hydrogen-bond donors (Lipinski definition) is 3. The highest BCUT2D eigenvalue weighted by atomic mass is 16.5. The number of nitrogens with zero attached hydrogens (tertiary/aromatic N) is 2. The Bertz CT molecular complexity index is 571. The van der Waals surface area contributed by atoms with E-state index in [-0.39, 0.29) is 17.6 Å². The van der Waals surface area contributed by atoms with Gasteiger partial charge in [0.1, 0.15) is 0 Å². The summed E-state index contributed by atoms with van der Waals surface area (Å²) < 4.78 is 4.73. The van der Waals surface area contributed by atoms with Crippen molar-refractivity contribution >= 4 is 23.7 Å². The molecule has 0 atom stereocenters. The van der Waals surface area contributed by atoms with Gasteiger partial charge in [0.25, 0.3) is 5.91 Å². The van der Waals surface area contributed by atoms with Crippen LogP contribution in [0.2, 0.25) is 0 Å². The lowest BCUT2D eigenvalue weighted by Crippen LogP contribution is -2.45. The van der Waals surface area contributed by atoms with Crippen LogP contribution in [0.4, 0.5) is 10.6 Å². The molecule has 0 unspecified atom stereocenters. The van der Waals surface area contributed by atoms with Gasteiger partial charge >= 0.3 is 12.0 Å². The molecule has 9 heteroatoms. The number of amides is 3. The van der Waals surface area contributed by atoms with Gasteiger partial charge in [0, 0.05) is 18.4 Å². The molecule has 4 N–H and O–H groups in total. The highest BCUT2D eigenvalue weighted by Crippen LogP contribution is 2.17. The number of hydrogen-bond acceptors (Lipinski definition) is 7. The van der Waals surface area contributed by atoms with Crippen molar-refractivity contribution in [2.45, 2.75) is 31.7 Å². The lowest BCUT2D eigenvalue weighted by atomic mass is 10.2. The topological polar surface area (TPSA) is 136 Å². The van der Waals surface area contributed by atoms with Crippen molar-refractivity contribution in [1.82, 2.24) is 20.6 Å². The van der Waals surface area contributed by atoms with Crippen molar-refractivity contribution in [3.8, 4) is 0 Å². The van der Waals surface area contributed by atoms with Gasteiger partial charge in [-0.25, -0.2) is 19.6 Å². The van der Waals surface area contributed by atoms with Crippen LogP contribution in [0.1, 0.15) is 36.2 Å². The third kappa shape index (κ3) is 4.40. The SMILES string of the molecule is Nc1nccnc1C(=O)OCC(=O)NC(=O)NC1CCCC1. The number of urea groups is 1. The Labute approximate surface area is 126 Å². The summed E-state index contributed by atoms with van der Waals surface area (Å²) in [5.41, 5.74) is 5.29. The van der Waals surface area contributed by atoms with E-state index in [9.17, 15) is 14.4 Å². The fraction of sp³-hybridized carbons (Fsp3) is 0.462. The Morgan fingerprint density at radius 1 is 1.23 bits per heavy atom. The molecule has 0 saturated heterocycles. The maximum atomic E-state index is 11.6. The summed E-state index contributed by atoms with van der Waals surface area (Å²) in [5, 5.41) is 4.78. The van der Waals surface area contributed by atoms with E-state index in [0.717, 1.165) is 25.7 Å². The summed E-state index contributed by atoms with van der Waals surface area (Å²) in [6.07, 6.45) is 6.55. The largest absolute Gasteiger partial charge is 0.451 e. The summed E-state index contributed by atoms with van der Waals surface area (Å²) in [5.74, 6) is -1.70. The summed E-state index contributed by atoms with van der Waals surface area (Å²) in [4.78, 5) is 42.1. The normalized spacial score (nSPS) is 14.4. The first-order valence-corrected chi connectivity index (χ1v) is 6.90. The van der Waals surface area contributed by atoms with Crippen molar-refractivity contribution in [3.63, 3.8) is 0 Å². The molecule has 118 valence electrons. The average Bonchev–Trinajstić information content (AvgIpc) is 2.98. The van der Waals surface area contributed by atoms with Crippen LogP contribution < -0.4 is 16.4 Å². The van der Waals surface area contributed by atoms with E-state index >= 15 is 0 Å². The van der Waals surface area contributed by atoms with E-state index in [2.05, 4.69) is 20.6 Å². The number of nitrogen functional groups attached to an aromatic ring is 1. The zero-order valence-electron chi connectivity index (χ0n) is 11.9. The minimum absolute atomic E-state index is 0.0908. The molecule has 1 aliphatic rings. The van der Waals surface area contributed by atoms with Gasteiger partial charge in [0.2, 0.25) is 0 Å². The number of anilines is 1. The van der Waals surface area contributed by atoms with Crippen LogP contribution in [0.3, 0.4) is 0 Å². The third-order valence-corrected chi connectivity index (χ3v) is 3.20. The number of rotatable bonds is 4. The van der Waals surface area contributed by atoms with Crippen LogP contribution in [0.25, 0.3) is 0 Å². The molecule has 22 heavy (non-hydrogen) atoms. The first kappa shape index (κ1) is 15.7. The molecular formula is C13H17N5O4. The molecule has 0 bridgehead atoms. The van der Waals surface area contributed by atoms with Gasteiger partial charge in [-0.3, -0.25) is 10.1 Å². The second-order valence-corrected chi connectivity index (χ2v) is 4.87. The smallest absolute Gasteiger partial charge is 0.361 e. The summed E-state index contributed by atoms with van der Waals surface area (Å²) in [6, 6.07) is -0.498. The maximum absolute atomic E-state index is 11.6. The van der Waals surface area contributed by atoms with Gasteiger partial charge in [-0.15, -0.1) is 0 Å². The van der Waals surface area contributed by atoms with Crippen molar-refractivity contribution in [3.05, 3.63) is 18.1 Å². The van der Waals surface area contributed by atoms with Gasteiger partial charge in [-0.05, 0) is 12.8 Å². The van der Waals surface area contributed by atoms with Crippen LogP contribution in [-0.2, 0) is 9.53 Å². The predicted octanol–water partition coefficient (Wildman–Crippen LogP) is -0.0160. The van der Waals surface area contributed by atoms with Crippen molar-refractivity contribution in [2.24, 2.45) is 0 Å². The molecule has 0 aliphatic heterocycles. The molecule has 1 aliphatic carbocycles. The van der Waals surface area contributed by atoms with Crippen molar-refractivity contribution in [2.75, 3.05) is 12.3 Å². The van der Waals surface area contributed by atoms with Crippen LogP contribution >= 0.6 is 0 Å². The molecule has 1 fully saturated rings. The molecule has 1 heterocycles. The number of aromatic nitrogens is 2. The minimum Gasteiger partial charge on any atom is -0.451 e. The third-order valence-electron chi connectivity index (χ3n) is 3.20. The van der Waals surface area contributed by atoms with E-state index in [4.69, 9.17) is 10.5 Å². The Kier molecular flexibility index (Phi) is 5.23. The second-order valence-electron chi connectivity index (χ2n) is 4.87. The van der Waals surface area contributed by atoms with E-state index in [1.165, 1.54) is 12.4 Å². The number of nitrogens with one attached hydrogen (secondary N) is 2. The van der Waals surface area contributed by atoms with E-state index in [1.807, 2.05) is 0 Å². The fourth-order valence-electron chi connectivity index (χ4n) is 2.16. The lowest BCUT2D eigenvalue weighted by molar-refractivity contribution is -0.123. The summed E-state index contributed by atoms with van der Waals surface area (Å²) >= 11 is 0. The average molecular weight is 307 g/mol. The maximum Gasteiger partial charge on any atom is 0.361 e. The van der Waals surface area contributed by atoms with Crippen molar-refractivity contribution in [1.29, 1.82) is 0 Å². The Morgan fingerprint density at radius 3 is 2.59 bits per heavy atom. The molecule has 0 spiro atoms. The zero-order chi connectivity index (χ0) is 15.9. The van der Waals surface area contributed by atoms with Gasteiger partial charge in [-0.2, -0.15) is 0 Å². The Hall–Kier alpha value is -2.71. The lowest BCUT2D eigenvalue weighted by Gasteiger charge is -2.12. The summed E-state index contributed by atoms with van der Waals surface area (Å²) in [6.45, 7) is -0.604. The number of carbonyl (C=O) groups excluding carboxylic acids is 3. The highest BCUT2D eigenvalue weighted by molar-refractivity contribution is 5.97. The molecular weight excluding hydrogens is 290 g/mol. The molecule has 0 aromatic carbocycles. The van der Waals surface area contributed by atoms with E-state index in [1.54, 1.807) is 0 Å². The van der Waals surface area contributed by atoms with Gasteiger partial charge in [-0.1, -0.05) is 12.8 Å². The fourth-order valence-corrected chi connectivity index (χ4v) is 2.16. The number of ether oxygens (including phenoxy) is 1. The zero-order valence-corrected chi connectivity index (χ0v) is 11.9. The number of carbonyl (C=O) groups is 3. The number of nitrogens with two attached hydrogens (primary N) is 1. The molecule has 3 amide bonds. The molecule has 1 aromatic heterocycles. The summed E-state index contributed by atoms with van der Waals surface area (Å²) in [7, 11) is 0. The van der Waals surface area contributed by atoms with Crippen LogP contribution in [0.15, 0.2) is 12.4 Å². The molecule has 0 radical (unpaired) electrons. The highest BCUT2D eigenvalue weighted by Gasteiger charge is 2.19. The number of esters is 1. The monoisotopic (exact) mass is 307 g/mol. The van der Waals surface area contributed by atoms with Gasteiger partial charge < -0.3 is 15.8 Å². The second kappa shape index (κ2) is 7.34. The Balaban J connectivity index is 1.74. The van der Waals surface area contributed by atoms with E-state index in [0.29, 0.717) is 0 Å². The molecule has 1 saturated carbocycles. The predicted molar refractivity (Wildman–Crippen MR) is 75.7 cm³/mol. The molecule has 9 nitrogen and oxygen atoms in total. The standard InChI is InChI=1S/C13H17N5O4/c14-11-10(15-5-6-16-11)12(20)22-7-9(19)18-13(21)17-8-3-1-2-4-8/h5-6,8H,1-4,7H2,(H2,14,16)(H2,17,18,19,21). The van der Waals surface area contributed by atoms with Crippen LogP contribution in [0, 0.1) is 0 Å².